The van der Waals surface area contributed by atoms with E-state index in [2.05, 4.69) is 5.16 Å². The van der Waals surface area contributed by atoms with Gasteiger partial charge in [0, 0.05) is 30.3 Å². The number of ether oxygens (including phenoxy) is 1. The van der Waals surface area contributed by atoms with E-state index in [0.29, 0.717) is 13.0 Å². The Balaban J connectivity index is 1.38. The van der Waals surface area contributed by atoms with Gasteiger partial charge in [0.25, 0.3) is 0 Å². The van der Waals surface area contributed by atoms with E-state index in [9.17, 15) is 4.79 Å². The maximum absolute atomic E-state index is 11.8. The highest BCUT2D eigenvalue weighted by Gasteiger charge is 2.21. The van der Waals surface area contributed by atoms with E-state index in [1.807, 2.05) is 65.6 Å². The zero-order valence-corrected chi connectivity index (χ0v) is 13.7. The Bertz CT molecular complexity index is 856. The fraction of sp³-hybridized carbons (Fsp3) is 0.200. The van der Waals surface area contributed by atoms with E-state index < -0.39 is 0 Å². The predicted molar refractivity (Wildman–Crippen MR) is 94.3 cm³/mol. The molecule has 4 rings (SSSR count). The van der Waals surface area contributed by atoms with Crippen LogP contribution in [0.4, 0.5) is 5.69 Å². The Kier molecular flexibility index (Phi) is 4.21. The third-order valence-corrected chi connectivity index (χ3v) is 4.23. The van der Waals surface area contributed by atoms with Crippen molar-refractivity contribution in [2.45, 2.75) is 19.4 Å². The van der Waals surface area contributed by atoms with Gasteiger partial charge in [0.15, 0.2) is 5.76 Å². The van der Waals surface area contributed by atoms with Crippen molar-refractivity contribution < 1.29 is 14.1 Å². The largest absolute Gasteiger partial charge is 0.487 e. The molecular formula is C20H18N2O3. The van der Waals surface area contributed by atoms with Crippen molar-refractivity contribution in [3.05, 3.63) is 66.4 Å². The molecule has 0 atom stereocenters. The van der Waals surface area contributed by atoms with Crippen molar-refractivity contribution in [1.82, 2.24) is 5.16 Å². The predicted octanol–water partition coefficient (Wildman–Crippen LogP) is 4.05. The van der Waals surface area contributed by atoms with Crippen molar-refractivity contribution in [3.8, 4) is 17.1 Å². The van der Waals surface area contributed by atoms with E-state index >= 15 is 0 Å². The molecule has 5 nitrogen and oxygen atoms in total. The normalized spacial score (nSPS) is 14.1. The molecule has 0 unspecified atom stereocenters. The Hall–Kier alpha value is -3.08. The van der Waals surface area contributed by atoms with Gasteiger partial charge < -0.3 is 14.2 Å². The van der Waals surface area contributed by atoms with Gasteiger partial charge in [-0.15, -0.1) is 0 Å². The first-order valence-electron chi connectivity index (χ1n) is 8.34. The van der Waals surface area contributed by atoms with Crippen molar-refractivity contribution in [1.29, 1.82) is 0 Å². The summed E-state index contributed by atoms with van der Waals surface area (Å²) in [7, 11) is 0. The molecular weight excluding hydrogens is 316 g/mol. The van der Waals surface area contributed by atoms with Gasteiger partial charge in [-0.25, -0.2) is 0 Å². The average Bonchev–Trinajstić information content (AvgIpc) is 3.30. The van der Waals surface area contributed by atoms with E-state index in [4.69, 9.17) is 9.26 Å². The minimum absolute atomic E-state index is 0.185. The second-order valence-corrected chi connectivity index (χ2v) is 5.98. The van der Waals surface area contributed by atoms with Crippen LogP contribution >= 0.6 is 0 Å². The van der Waals surface area contributed by atoms with Gasteiger partial charge in [-0.3, -0.25) is 4.79 Å². The van der Waals surface area contributed by atoms with Gasteiger partial charge in [-0.05, 0) is 30.7 Å². The first-order valence-corrected chi connectivity index (χ1v) is 8.34. The van der Waals surface area contributed by atoms with Crippen LogP contribution in [-0.2, 0) is 11.4 Å². The molecule has 1 aliphatic rings. The lowest BCUT2D eigenvalue weighted by molar-refractivity contribution is -0.117. The summed E-state index contributed by atoms with van der Waals surface area (Å²) in [4.78, 5) is 13.6. The lowest BCUT2D eigenvalue weighted by Crippen LogP contribution is -2.23. The monoisotopic (exact) mass is 334 g/mol. The van der Waals surface area contributed by atoms with E-state index in [1.54, 1.807) is 0 Å². The van der Waals surface area contributed by atoms with Gasteiger partial charge in [0.05, 0.1) is 0 Å². The molecule has 0 bridgehead atoms. The van der Waals surface area contributed by atoms with Crippen LogP contribution in [0.15, 0.2) is 65.2 Å². The second kappa shape index (κ2) is 6.81. The molecule has 5 heteroatoms. The molecule has 0 aliphatic carbocycles. The fourth-order valence-electron chi connectivity index (χ4n) is 2.92. The molecule has 0 N–H and O–H groups in total. The zero-order valence-electron chi connectivity index (χ0n) is 13.7. The van der Waals surface area contributed by atoms with Crippen LogP contribution in [0.5, 0.6) is 5.75 Å². The number of nitrogens with zero attached hydrogens (tertiary/aromatic N) is 2. The van der Waals surface area contributed by atoms with Crippen LogP contribution in [-0.4, -0.2) is 17.6 Å². The molecule has 25 heavy (non-hydrogen) atoms. The number of amides is 1. The molecule has 0 spiro atoms. The summed E-state index contributed by atoms with van der Waals surface area (Å²) in [6.45, 7) is 1.12. The second-order valence-electron chi connectivity index (χ2n) is 5.98. The number of rotatable bonds is 5. The molecule has 1 aromatic heterocycles. The van der Waals surface area contributed by atoms with E-state index in [1.165, 1.54) is 0 Å². The molecule has 126 valence electrons. The summed E-state index contributed by atoms with van der Waals surface area (Å²) in [5.74, 6) is 1.64. The van der Waals surface area contributed by atoms with Crippen LogP contribution in [0, 0.1) is 0 Å². The number of aromatic nitrogens is 1. The van der Waals surface area contributed by atoms with Crippen molar-refractivity contribution in [2.75, 3.05) is 11.4 Å². The standard InChI is InChI=1S/C20H18N2O3/c23-20-7-4-12-22(20)17-8-10-18(11-9-17)24-14-16-13-19(25-21-16)15-5-2-1-3-6-15/h1-3,5-6,8-11,13H,4,7,12,14H2. The Morgan fingerprint density at radius 3 is 2.60 bits per heavy atom. The molecule has 3 aromatic rings. The first-order chi connectivity index (χ1) is 12.3. The molecule has 1 amide bonds. The lowest BCUT2D eigenvalue weighted by atomic mass is 10.2. The van der Waals surface area contributed by atoms with Gasteiger partial charge in [0.2, 0.25) is 5.91 Å². The summed E-state index contributed by atoms with van der Waals surface area (Å²) in [6.07, 6.45) is 1.56. The van der Waals surface area contributed by atoms with Crippen LogP contribution in [0.3, 0.4) is 0 Å². The van der Waals surface area contributed by atoms with E-state index in [-0.39, 0.29) is 5.91 Å². The number of carbonyl (C=O) groups excluding carboxylic acids is 1. The number of hydrogen-bond donors (Lipinski definition) is 0. The summed E-state index contributed by atoms with van der Waals surface area (Å²) in [5.41, 5.74) is 2.64. The Morgan fingerprint density at radius 2 is 1.88 bits per heavy atom. The van der Waals surface area contributed by atoms with E-state index in [0.717, 1.165) is 41.4 Å². The van der Waals surface area contributed by atoms with Gasteiger partial charge in [-0.1, -0.05) is 35.5 Å². The summed E-state index contributed by atoms with van der Waals surface area (Å²) in [5, 5.41) is 4.05. The van der Waals surface area contributed by atoms with Crippen LogP contribution < -0.4 is 9.64 Å². The summed E-state index contributed by atoms with van der Waals surface area (Å²) in [6, 6.07) is 19.3. The minimum Gasteiger partial charge on any atom is -0.487 e. The van der Waals surface area contributed by atoms with Crippen molar-refractivity contribution >= 4 is 11.6 Å². The number of anilines is 1. The van der Waals surface area contributed by atoms with Gasteiger partial charge in [0.1, 0.15) is 18.1 Å². The highest BCUT2D eigenvalue weighted by Crippen LogP contribution is 2.25. The molecule has 1 fully saturated rings. The third-order valence-electron chi connectivity index (χ3n) is 4.23. The quantitative estimate of drug-likeness (QED) is 0.706. The minimum atomic E-state index is 0.185. The maximum Gasteiger partial charge on any atom is 0.227 e. The molecule has 2 aromatic carbocycles. The Morgan fingerprint density at radius 1 is 1.08 bits per heavy atom. The molecule has 0 radical (unpaired) electrons. The topological polar surface area (TPSA) is 55.6 Å². The van der Waals surface area contributed by atoms with Crippen molar-refractivity contribution in [2.24, 2.45) is 0 Å². The van der Waals surface area contributed by atoms with Crippen LogP contribution in [0.1, 0.15) is 18.5 Å². The first kappa shape index (κ1) is 15.4. The van der Waals surface area contributed by atoms with Gasteiger partial charge >= 0.3 is 0 Å². The average molecular weight is 334 g/mol. The SMILES string of the molecule is O=C1CCCN1c1ccc(OCc2cc(-c3ccccc3)on2)cc1. The molecule has 2 heterocycles. The van der Waals surface area contributed by atoms with Crippen LogP contribution in [0.25, 0.3) is 11.3 Å². The number of benzene rings is 2. The fourth-order valence-corrected chi connectivity index (χ4v) is 2.92. The maximum atomic E-state index is 11.8. The Labute approximate surface area is 145 Å². The highest BCUT2D eigenvalue weighted by atomic mass is 16.5. The number of hydrogen-bond acceptors (Lipinski definition) is 4. The molecule has 1 aliphatic heterocycles. The zero-order chi connectivity index (χ0) is 17.1. The number of carbonyl (C=O) groups is 1. The van der Waals surface area contributed by atoms with Crippen LogP contribution in [0.2, 0.25) is 0 Å². The lowest BCUT2D eigenvalue weighted by Gasteiger charge is -2.15. The summed E-state index contributed by atoms with van der Waals surface area (Å²) < 4.78 is 11.1. The highest BCUT2D eigenvalue weighted by molar-refractivity contribution is 5.95. The summed E-state index contributed by atoms with van der Waals surface area (Å²) >= 11 is 0. The third kappa shape index (κ3) is 3.40. The van der Waals surface area contributed by atoms with Gasteiger partial charge in [-0.2, -0.15) is 0 Å². The molecule has 1 saturated heterocycles. The van der Waals surface area contributed by atoms with Crippen molar-refractivity contribution in [3.63, 3.8) is 0 Å². The molecule has 0 saturated carbocycles. The smallest absolute Gasteiger partial charge is 0.227 e.